The number of rotatable bonds is 10. The number of unbranched alkanes of at least 4 members (excludes halogenated alkanes) is 4. The molecule has 1 saturated heterocycles. The van der Waals surface area contributed by atoms with Gasteiger partial charge in [0.25, 0.3) is 5.69 Å². The fourth-order valence-electron chi connectivity index (χ4n) is 3.62. The van der Waals surface area contributed by atoms with Gasteiger partial charge in [-0.05, 0) is 37.1 Å². The Hall–Kier alpha value is -1.97. The van der Waals surface area contributed by atoms with Crippen molar-refractivity contribution in [1.82, 2.24) is 4.31 Å². The van der Waals surface area contributed by atoms with Gasteiger partial charge in [-0.1, -0.05) is 67.6 Å². The molecule has 2 aromatic carbocycles. The van der Waals surface area contributed by atoms with Crippen molar-refractivity contribution in [3.8, 4) is 0 Å². The van der Waals surface area contributed by atoms with E-state index in [1.54, 1.807) is 12.1 Å². The van der Waals surface area contributed by atoms with E-state index in [4.69, 9.17) is 27.9 Å². The number of ether oxygens (including phenoxy) is 1. The predicted molar refractivity (Wildman–Crippen MR) is 129 cm³/mol. The Morgan fingerprint density at radius 2 is 1.88 bits per heavy atom. The molecule has 33 heavy (non-hydrogen) atoms. The van der Waals surface area contributed by atoms with Gasteiger partial charge in [0.05, 0.1) is 15.9 Å². The van der Waals surface area contributed by atoms with E-state index in [1.807, 2.05) is 12.2 Å². The second kappa shape index (κ2) is 11.4. The summed E-state index contributed by atoms with van der Waals surface area (Å²) < 4.78 is 34.2. The van der Waals surface area contributed by atoms with Crippen LogP contribution in [0.2, 0.25) is 10.0 Å². The van der Waals surface area contributed by atoms with Gasteiger partial charge in [-0.25, -0.2) is 8.42 Å². The lowest BCUT2D eigenvalue weighted by atomic mass is 10.1. The number of nitro benzene ring substituents is 1. The number of non-ortho nitro benzene ring substituents is 1. The summed E-state index contributed by atoms with van der Waals surface area (Å²) in [7, 11) is -4.02. The summed E-state index contributed by atoms with van der Waals surface area (Å²) in [5, 5.41) is 11.7. The Labute approximate surface area is 204 Å². The molecule has 1 aliphatic rings. The molecule has 0 amide bonds. The maximum atomic E-state index is 13.5. The topological polar surface area (TPSA) is 89.8 Å². The highest BCUT2D eigenvalue weighted by Crippen LogP contribution is 2.39. The molecule has 0 aliphatic carbocycles. The lowest BCUT2D eigenvalue weighted by Gasteiger charge is -2.23. The fourth-order valence-corrected chi connectivity index (χ4v) is 5.63. The van der Waals surface area contributed by atoms with Gasteiger partial charge >= 0.3 is 0 Å². The zero-order valence-corrected chi connectivity index (χ0v) is 20.5. The SMILES string of the molecule is CCCCCC/C=C/[C@H]1CN(S(=O)(=O)c2ccc([N+](=O)[O-])cc2)[C@@H](c2ccc(Cl)cc2Cl)O1. The van der Waals surface area contributed by atoms with Gasteiger partial charge in [0.2, 0.25) is 10.0 Å². The molecular weight excluding hydrogens is 487 g/mol. The van der Waals surface area contributed by atoms with Crippen LogP contribution in [0.4, 0.5) is 5.69 Å². The molecule has 0 radical (unpaired) electrons. The number of allylic oxidation sites excluding steroid dienone is 1. The van der Waals surface area contributed by atoms with E-state index in [1.165, 1.54) is 41.1 Å². The third-order valence-corrected chi connectivity index (χ3v) is 7.77. The van der Waals surface area contributed by atoms with E-state index in [0.717, 1.165) is 25.7 Å². The monoisotopic (exact) mass is 512 g/mol. The second-order valence-electron chi connectivity index (χ2n) is 7.80. The third kappa shape index (κ3) is 6.33. The van der Waals surface area contributed by atoms with E-state index in [0.29, 0.717) is 15.6 Å². The Kier molecular flexibility index (Phi) is 8.89. The van der Waals surface area contributed by atoms with Crippen LogP contribution in [0.5, 0.6) is 0 Å². The largest absolute Gasteiger partial charge is 0.349 e. The molecule has 0 unspecified atom stereocenters. The number of hydrogen-bond donors (Lipinski definition) is 0. The van der Waals surface area contributed by atoms with Crippen LogP contribution < -0.4 is 0 Å². The summed E-state index contributed by atoms with van der Waals surface area (Å²) in [5.74, 6) is 0. The molecule has 0 bridgehead atoms. The Morgan fingerprint density at radius 1 is 1.15 bits per heavy atom. The molecule has 3 rings (SSSR count). The Bertz CT molecular complexity index is 1110. The average Bonchev–Trinajstić information content (AvgIpc) is 3.21. The van der Waals surface area contributed by atoms with Gasteiger partial charge in [0.1, 0.15) is 0 Å². The number of benzene rings is 2. The van der Waals surface area contributed by atoms with Crippen LogP contribution in [-0.4, -0.2) is 30.3 Å². The fraction of sp³-hybridized carbons (Fsp3) is 0.391. The van der Waals surface area contributed by atoms with Crippen molar-refractivity contribution < 1.29 is 18.1 Å². The molecule has 2 atom stereocenters. The minimum absolute atomic E-state index is 0.0593. The normalized spacial score (nSPS) is 19.4. The molecule has 2 aromatic rings. The molecule has 0 aromatic heterocycles. The van der Waals surface area contributed by atoms with Crippen LogP contribution in [0.25, 0.3) is 0 Å². The lowest BCUT2D eigenvalue weighted by molar-refractivity contribution is -0.384. The van der Waals surface area contributed by atoms with Gasteiger partial charge in [-0.15, -0.1) is 0 Å². The summed E-state index contributed by atoms with van der Waals surface area (Å²) in [4.78, 5) is 10.3. The highest BCUT2D eigenvalue weighted by Gasteiger charge is 2.42. The molecule has 1 aliphatic heterocycles. The highest BCUT2D eigenvalue weighted by atomic mass is 35.5. The van der Waals surface area contributed by atoms with E-state index in [-0.39, 0.29) is 17.1 Å². The number of halogens is 2. The summed E-state index contributed by atoms with van der Waals surface area (Å²) in [6, 6.07) is 9.60. The first-order chi connectivity index (χ1) is 15.7. The summed E-state index contributed by atoms with van der Waals surface area (Å²) in [5.41, 5.74) is 0.290. The molecule has 0 saturated carbocycles. The van der Waals surface area contributed by atoms with Crippen LogP contribution >= 0.6 is 23.2 Å². The molecule has 0 N–H and O–H groups in total. The average molecular weight is 513 g/mol. The van der Waals surface area contributed by atoms with Crippen LogP contribution in [0.1, 0.15) is 50.8 Å². The van der Waals surface area contributed by atoms with Crippen molar-refractivity contribution in [2.45, 2.75) is 56.3 Å². The summed E-state index contributed by atoms with van der Waals surface area (Å²) in [6.45, 7) is 2.25. The smallest absolute Gasteiger partial charge is 0.269 e. The molecule has 7 nitrogen and oxygen atoms in total. The van der Waals surface area contributed by atoms with Crippen LogP contribution in [0, 0.1) is 10.1 Å². The minimum atomic E-state index is -4.02. The molecular formula is C23H26Cl2N2O5S. The maximum Gasteiger partial charge on any atom is 0.269 e. The maximum absolute atomic E-state index is 13.5. The Balaban J connectivity index is 1.88. The minimum Gasteiger partial charge on any atom is -0.349 e. The van der Waals surface area contributed by atoms with E-state index in [9.17, 15) is 18.5 Å². The van der Waals surface area contributed by atoms with Crippen LogP contribution in [0.3, 0.4) is 0 Å². The highest BCUT2D eigenvalue weighted by molar-refractivity contribution is 7.89. The van der Waals surface area contributed by atoms with Gasteiger partial charge in [0.15, 0.2) is 6.23 Å². The second-order valence-corrected chi connectivity index (χ2v) is 10.5. The molecule has 178 valence electrons. The zero-order chi connectivity index (χ0) is 24.0. The van der Waals surface area contributed by atoms with Crippen molar-refractivity contribution in [1.29, 1.82) is 0 Å². The molecule has 0 spiro atoms. The predicted octanol–water partition coefficient (Wildman–Crippen LogP) is 6.52. The van der Waals surface area contributed by atoms with Crippen LogP contribution in [0.15, 0.2) is 59.5 Å². The van der Waals surface area contributed by atoms with E-state index in [2.05, 4.69) is 6.92 Å². The van der Waals surface area contributed by atoms with E-state index < -0.39 is 27.3 Å². The summed E-state index contributed by atoms with van der Waals surface area (Å²) >= 11 is 12.4. The molecule has 1 heterocycles. The first-order valence-corrected chi connectivity index (χ1v) is 13.0. The van der Waals surface area contributed by atoms with Gasteiger partial charge in [0, 0.05) is 34.3 Å². The number of nitrogens with zero attached hydrogens (tertiary/aromatic N) is 2. The van der Waals surface area contributed by atoms with E-state index >= 15 is 0 Å². The molecule has 10 heteroatoms. The summed E-state index contributed by atoms with van der Waals surface area (Å²) in [6.07, 6.45) is 7.94. The van der Waals surface area contributed by atoms with Gasteiger partial charge in [-0.3, -0.25) is 10.1 Å². The van der Waals surface area contributed by atoms with Crippen molar-refractivity contribution >= 4 is 38.9 Å². The van der Waals surface area contributed by atoms with Crippen LogP contribution in [-0.2, 0) is 14.8 Å². The first kappa shape index (κ1) is 25.6. The third-order valence-electron chi connectivity index (χ3n) is 5.38. The van der Waals surface area contributed by atoms with Crippen molar-refractivity contribution in [2.75, 3.05) is 6.54 Å². The van der Waals surface area contributed by atoms with Crippen molar-refractivity contribution in [3.63, 3.8) is 0 Å². The number of nitro groups is 1. The first-order valence-electron chi connectivity index (χ1n) is 10.8. The standard InChI is InChI=1S/C23H26Cl2N2O5S/c1-2-3-4-5-6-7-8-19-16-26(23(32-19)21-14-9-17(24)15-22(21)25)33(30,31)20-12-10-18(11-13-20)27(28)29/h7-15,19,23H,2-6,16H2,1H3/b8-7+/t19-,23+/m0/s1. The lowest BCUT2D eigenvalue weighted by Crippen LogP contribution is -2.32. The molecule has 1 fully saturated rings. The van der Waals surface area contributed by atoms with Crippen molar-refractivity contribution in [2.24, 2.45) is 0 Å². The quantitative estimate of drug-likeness (QED) is 0.156. The van der Waals surface area contributed by atoms with Crippen molar-refractivity contribution in [3.05, 3.63) is 80.3 Å². The number of hydrogen-bond acceptors (Lipinski definition) is 5. The van der Waals surface area contributed by atoms with Gasteiger partial charge in [-0.2, -0.15) is 4.31 Å². The number of sulfonamides is 1. The van der Waals surface area contributed by atoms with Gasteiger partial charge < -0.3 is 4.74 Å². The Morgan fingerprint density at radius 3 is 2.52 bits per heavy atom. The zero-order valence-electron chi connectivity index (χ0n) is 18.2.